The number of esters is 1. The van der Waals surface area contributed by atoms with Crippen LogP contribution in [0.15, 0.2) is 114 Å². The topological polar surface area (TPSA) is 72.8 Å². The second-order valence-corrected chi connectivity index (χ2v) is 8.61. The normalized spacial score (nSPS) is 11.5. The van der Waals surface area contributed by atoms with Crippen LogP contribution in [0.25, 0.3) is 0 Å². The van der Waals surface area contributed by atoms with Crippen LogP contribution in [-0.2, 0) is 19.9 Å². The number of carbonyl (C=O) groups is 1. The van der Waals surface area contributed by atoms with Crippen LogP contribution in [0.1, 0.15) is 29.3 Å². The molecule has 0 amide bonds. The van der Waals surface area contributed by atoms with Crippen molar-refractivity contribution in [3.8, 4) is 0 Å². The van der Waals surface area contributed by atoms with E-state index < -0.39 is 11.5 Å². The summed E-state index contributed by atoms with van der Waals surface area (Å²) in [5.41, 5.74) is 2.79. The average molecular weight is 498 g/mol. The standard InChI is InChI=1S/C29H27N3O3S/c1-3-20-35-32-26(27(33)34-4-2)25-21-36-28(30-25)31-29(22-14-8-5-9-15-22,23-16-10-6-11-17-23)24-18-12-7-13-19-24/h3,5-19,21H,1,4,20H2,2H3,(H,30,31)/b32-26-. The highest BCUT2D eigenvalue weighted by molar-refractivity contribution is 7.14. The number of aromatic nitrogens is 1. The van der Waals surface area contributed by atoms with Crippen molar-refractivity contribution in [2.45, 2.75) is 12.5 Å². The first-order valence-electron chi connectivity index (χ1n) is 11.6. The molecule has 0 bridgehead atoms. The number of carbonyl (C=O) groups excluding carboxylic acids is 1. The van der Waals surface area contributed by atoms with Crippen molar-refractivity contribution < 1.29 is 14.4 Å². The lowest BCUT2D eigenvalue weighted by atomic mass is 9.77. The van der Waals surface area contributed by atoms with Crippen molar-refractivity contribution in [2.24, 2.45) is 5.16 Å². The van der Waals surface area contributed by atoms with Gasteiger partial charge in [-0.05, 0) is 23.6 Å². The van der Waals surface area contributed by atoms with Crippen LogP contribution in [0.3, 0.4) is 0 Å². The lowest BCUT2D eigenvalue weighted by molar-refractivity contribution is -0.135. The van der Waals surface area contributed by atoms with Crippen molar-refractivity contribution >= 4 is 28.1 Å². The Labute approximate surface area is 214 Å². The zero-order valence-corrected chi connectivity index (χ0v) is 20.8. The fourth-order valence-electron chi connectivity index (χ4n) is 3.92. The molecule has 0 aliphatic heterocycles. The molecule has 0 radical (unpaired) electrons. The molecule has 36 heavy (non-hydrogen) atoms. The number of benzene rings is 3. The molecule has 4 aromatic rings. The molecule has 0 fully saturated rings. The van der Waals surface area contributed by atoms with Gasteiger partial charge in [-0.15, -0.1) is 11.3 Å². The second-order valence-electron chi connectivity index (χ2n) is 7.76. The number of nitrogens with one attached hydrogen (secondary N) is 1. The Bertz CT molecular complexity index is 1210. The first-order chi connectivity index (χ1) is 17.7. The number of nitrogens with zero attached hydrogens (tertiary/aromatic N) is 2. The van der Waals surface area contributed by atoms with Crippen LogP contribution in [0.4, 0.5) is 5.13 Å². The molecule has 3 aromatic carbocycles. The third-order valence-electron chi connectivity index (χ3n) is 5.48. The zero-order chi connectivity index (χ0) is 25.2. The van der Waals surface area contributed by atoms with Gasteiger partial charge >= 0.3 is 5.97 Å². The summed E-state index contributed by atoms with van der Waals surface area (Å²) in [4.78, 5) is 22.5. The fourth-order valence-corrected chi connectivity index (χ4v) is 4.67. The highest BCUT2D eigenvalue weighted by atomic mass is 32.1. The predicted octanol–water partition coefficient (Wildman–Crippen LogP) is 6.02. The van der Waals surface area contributed by atoms with Crippen molar-refractivity contribution in [2.75, 3.05) is 18.5 Å². The molecule has 182 valence electrons. The van der Waals surface area contributed by atoms with E-state index in [9.17, 15) is 4.79 Å². The molecule has 0 unspecified atom stereocenters. The van der Waals surface area contributed by atoms with E-state index in [0.29, 0.717) is 10.8 Å². The Kier molecular flexibility index (Phi) is 8.26. The molecule has 0 atom stereocenters. The van der Waals surface area contributed by atoms with Crippen molar-refractivity contribution in [3.05, 3.63) is 131 Å². The summed E-state index contributed by atoms with van der Waals surface area (Å²) in [6, 6.07) is 30.7. The molecule has 0 saturated heterocycles. The van der Waals surface area contributed by atoms with Gasteiger partial charge in [-0.3, -0.25) is 0 Å². The van der Waals surface area contributed by atoms with Crippen LogP contribution in [0.5, 0.6) is 0 Å². The number of ether oxygens (including phenoxy) is 1. The molecule has 0 spiro atoms. The third-order valence-corrected chi connectivity index (χ3v) is 6.24. The molecular formula is C29H27N3O3S. The molecule has 1 aromatic heterocycles. The van der Waals surface area contributed by atoms with E-state index >= 15 is 0 Å². The van der Waals surface area contributed by atoms with Gasteiger partial charge in [-0.25, -0.2) is 9.78 Å². The Hall–Kier alpha value is -4.23. The summed E-state index contributed by atoms with van der Waals surface area (Å²) < 4.78 is 5.18. The maximum Gasteiger partial charge on any atom is 0.362 e. The number of hydrogen-bond donors (Lipinski definition) is 1. The molecule has 0 aliphatic carbocycles. The number of hydrogen-bond acceptors (Lipinski definition) is 7. The number of thiazole rings is 1. The molecule has 7 heteroatoms. The molecule has 4 rings (SSSR count). The monoisotopic (exact) mass is 497 g/mol. The lowest BCUT2D eigenvalue weighted by Crippen LogP contribution is -2.38. The molecule has 0 aliphatic rings. The summed E-state index contributed by atoms with van der Waals surface area (Å²) in [5, 5.41) is 10.1. The van der Waals surface area contributed by atoms with Gasteiger partial charge in [0.15, 0.2) is 5.13 Å². The van der Waals surface area contributed by atoms with Gasteiger partial charge in [-0.1, -0.05) is 109 Å². The quantitative estimate of drug-likeness (QED) is 0.0685. The van der Waals surface area contributed by atoms with Crippen molar-refractivity contribution in [1.82, 2.24) is 4.98 Å². The van der Waals surface area contributed by atoms with Crippen molar-refractivity contribution in [3.63, 3.8) is 0 Å². The highest BCUT2D eigenvalue weighted by Gasteiger charge is 2.37. The average Bonchev–Trinajstić information content (AvgIpc) is 3.39. The maximum absolute atomic E-state index is 12.6. The Morgan fingerprint density at radius 2 is 1.50 bits per heavy atom. The van der Waals surface area contributed by atoms with Crippen LogP contribution < -0.4 is 5.32 Å². The minimum Gasteiger partial charge on any atom is -0.461 e. The largest absolute Gasteiger partial charge is 0.461 e. The van der Waals surface area contributed by atoms with Crippen LogP contribution in [0.2, 0.25) is 0 Å². The summed E-state index contributed by atoms with van der Waals surface area (Å²) in [7, 11) is 0. The summed E-state index contributed by atoms with van der Waals surface area (Å²) in [5.74, 6) is -0.598. The van der Waals surface area contributed by atoms with E-state index in [1.54, 1.807) is 18.4 Å². The molecular weight excluding hydrogens is 470 g/mol. The summed E-state index contributed by atoms with van der Waals surface area (Å²) >= 11 is 1.38. The molecule has 6 nitrogen and oxygen atoms in total. The maximum atomic E-state index is 12.6. The smallest absolute Gasteiger partial charge is 0.362 e. The molecule has 1 N–H and O–H groups in total. The number of rotatable bonds is 11. The Balaban J connectivity index is 1.82. The number of anilines is 1. The van der Waals surface area contributed by atoms with E-state index in [0.717, 1.165) is 16.7 Å². The summed E-state index contributed by atoms with van der Waals surface area (Å²) in [6.07, 6.45) is 1.55. The summed E-state index contributed by atoms with van der Waals surface area (Å²) in [6.45, 7) is 5.73. The van der Waals surface area contributed by atoms with E-state index in [2.05, 4.69) is 53.4 Å². The van der Waals surface area contributed by atoms with Crippen LogP contribution >= 0.6 is 11.3 Å². The van der Waals surface area contributed by atoms with Gasteiger partial charge in [0.05, 0.1) is 6.61 Å². The van der Waals surface area contributed by atoms with E-state index in [-0.39, 0.29) is 18.9 Å². The van der Waals surface area contributed by atoms with Gasteiger partial charge in [0.1, 0.15) is 17.8 Å². The van der Waals surface area contributed by atoms with E-state index in [4.69, 9.17) is 14.6 Å². The van der Waals surface area contributed by atoms with Crippen LogP contribution in [0, 0.1) is 0 Å². The van der Waals surface area contributed by atoms with Gasteiger partial charge in [0, 0.05) is 5.38 Å². The SMILES string of the molecule is C=CCO/N=C(\C(=O)OCC)c1csc(NC(c2ccccc2)(c2ccccc2)c2ccccc2)n1. The van der Waals surface area contributed by atoms with Gasteiger partial charge < -0.3 is 14.9 Å². The van der Waals surface area contributed by atoms with Gasteiger partial charge in [0.2, 0.25) is 5.71 Å². The van der Waals surface area contributed by atoms with E-state index in [1.807, 2.05) is 54.6 Å². The number of oxime groups is 1. The molecule has 0 saturated carbocycles. The minimum absolute atomic E-state index is 0.00716. The highest BCUT2D eigenvalue weighted by Crippen LogP contribution is 2.40. The molecule has 1 heterocycles. The fraction of sp³-hybridized carbons (Fsp3) is 0.138. The van der Waals surface area contributed by atoms with Gasteiger partial charge in [0.25, 0.3) is 0 Å². The first-order valence-corrected chi connectivity index (χ1v) is 12.5. The Morgan fingerprint density at radius 3 is 1.97 bits per heavy atom. The zero-order valence-electron chi connectivity index (χ0n) is 20.0. The third kappa shape index (κ3) is 5.37. The van der Waals surface area contributed by atoms with Crippen LogP contribution in [-0.4, -0.2) is 29.9 Å². The van der Waals surface area contributed by atoms with Crippen molar-refractivity contribution in [1.29, 1.82) is 0 Å². The van der Waals surface area contributed by atoms with E-state index in [1.165, 1.54) is 11.3 Å². The predicted molar refractivity (Wildman–Crippen MR) is 144 cm³/mol. The first kappa shape index (κ1) is 24.9. The Morgan fingerprint density at radius 1 is 0.972 bits per heavy atom. The van der Waals surface area contributed by atoms with Gasteiger partial charge in [-0.2, -0.15) is 0 Å². The lowest BCUT2D eigenvalue weighted by Gasteiger charge is -2.36. The minimum atomic E-state index is -0.737. The second kappa shape index (κ2) is 12.0.